The second-order valence-electron chi connectivity index (χ2n) is 9.15. The number of nitrogens with zero attached hydrogens (tertiary/aromatic N) is 2. The fourth-order valence-electron chi connectivity index (χ4n) is 4.08. The second-order valence-corrected chi connectivity index (χ2v) is 13.3. The average molecular weight is 601 g/mol. The summed E-state index contributed by atoms with van der Waals surface area (Å²) in [6.07, 6.45) is 0. The standard InChI is InChI=1S/C27H25N2Se.F6P/c1-28(2)21-11-10-19-15-24-25(16-20(19)14-21)30-26-17-22(29(3)4)12-13-23(26)27(24)18-8-6-5-7-9-18;1-7(2,3,4,5)6/h5-17H,1-4H3;/q+1;-1. The summed E-state index contributed by atoms with van der Waals surface area (Å²) < 4.78 is 64.3. The van der Waals surface area contributed by atoms with Crippen LogP contribution in [0.1, 0.15) is 0 Å². The van der Waals surface area contributed by atoms with Crippen molar-refractivity contribution < 1.29 is 25.2 Å². The Bertz CT molecular complexity index is 1700. The third kappa shape index (κ3) is 7.13. The molecule has 0 saturated heterocycles. The van der Waals surface area contributed by atoms with Gasteiger partial charge >= 0.3 is 216 Å². The second kappa shape index (κ2) is 8.87. The molecule has 5 rings (SSSR count). The van der Waals surface area contributed by atoms with Crippen LogP contribution in [-0.4, -0.2) is 42.7 Å². The minimum atomic E-state index is -10.7. The van der Waals surface area contributed by atoms with Crippen LogP contribution >= 0.6 is 7.81 Å². The molecule has 5 aromatic rings. The van der Waals surface area contributed by atoms with Crippen molar-refractivity contribution in [3.63, 3.8) is 0 Å². The fraction of sp³-hybridized carbons (Fsp3) is 0.148. The number of hydrogen-bond acceptors (Lipinski definition) is 1. The molecule has 4 aromatic carbocycles. The maximum atomic E-state index is 9.87. The van der Waals surface area contributed by atoms with Gasteiger partial charge in [-0.2, -0.15) is 0 Å². The van der Waals surface area contributed by atoms with Gasteiger partial charge in [-0.25, -0.2) is 0 Å². The molecule has 0 atom stereocenters. The van der Waals surface area contributed by atoms with Crippen LogP contribution in [0.5, 0.6) is 0 Å². The van der Waals surface area contributed by atoms with Crippen molar-refractivity contribution >= 4 is 58.1 Å². The van der Waals surface area contributed by atoms with Crippen LogP contribution in [0.4, 0.5) is 30.9 Å². The Balaban J connectivity index is 0.000000405. The summed E-state index contributed by atoms with van der Waals surface area (Å²) >= 11 is 0.275. The van der Waals surface area contributed by atoms with Crippen LogP contribution < -0.4 is 14.8 Å². The molecule has 0 amide bonds. The van der Waals surface area contributed by atoms with Gasteiger partial charge in [0.1, 0.15) is 0 Å². The number of hydrogen-bond donors (Lipinski definition) is 0. The molecule has 0 N–H and O–H groups in total. The summed E-state index contributed by atoms with van der Waals surface area (Å²) in [5, 5.41) is 6.63. The van der Waals surface area contributed by atoms with Crippen LogP contribution in [0.15, 0.2) is 78.9 Å². The zero-order chi connectivity index (χ0) is 27.2. The minimum absolute atomic E-state index is 0.275. The van der Waals surface area contributed by atoms with E-state index in [1.54, 1.807) is 0 Å². The predicted octanol–water partition coefficient (Wildman–Crippen LogP) is 8.35. The van der Waals surface area contributed by atoms with Crippen LogP contribution in [-0.2, 0) is 0 Å². The predicted molar refractivity (Wildman–Crippen MR) is 146 cm³/mol. The van der Waals surface area contributed by atoms with Crippen molar-refractivity contribution in [2.45, 2.75) is 0 Å². The first-order valence-electron chi connectivity index (χ1n) is 11.2. The van der Waals surface area contributed by atoms with Crippen molar-refractivity contribution in [1.29, 1.82) is 0 Å². The van der Waals surface area contributed by atoms with E-state index in [0.717, 1.165) is 0 Å². The molecule has 0 fully saturated rings. The molecule has 196 valence electrons. The van der Waals surface area contributed by atoms with E-state index in [-0.39, 0.29) is 14.5 Å². The van der Waals surface area contributed by atoms with E-state index in [9.17, 15) is 25.2 Å². The Hall–Kier alpha value is -2.86. The third-order valence-corrected chi connectivity index (χ3v) is 8.08. The van der Waals surface area contributed by atoms with Crippen LogP contribution in [0, 0.1) is 0 Å². The van der Waals surface area contributed by atoms with Crippen molar-refractivity contribution in [2.75, 3.05) is 33.1 Å². The zero-order valence-electron chi connectivity index (χ0n) is 20.5. The number of rotatable bonds is 2. The van der Waals surface area contributed by atoms with Gasteiger partial charge in [0, 0.05) is 0 Å². The zero-order valence-corrected chi connectivity index (χ0v) is 23.1. The maximum absolute atomic E-state index is 10.7. The number of halogens is 6. The van der Waals surface area contributed by atoms with Gasteiger partial charge in [-0.05, 0) is 0 Å². The Labute approximate surface area is 216 Å². The normalized spacial score (nSPS) is 13.6. The first kappa shape index (κ1) is 27.2. The van der Waals surface area contributed by atoms with E-state index in [1.165, 1.54) is 52.2 Å². The van der Waals surface area contributed by atoms with Gasteiger partial charge in [-0.3, -0.25) is 0 Å². The summed E-state index contributed by atoms with van der Waals surface area (Å²) in [5.41, 5.74) is 3.91. The molecule has 1 heterocycles. The van der Waals surface area contributed by atoms with Gasteiger partial charge < -0.3 is 0 Å². The van der Waals surface area contributed by atoms with Crippen molar-refractivity contribution in [2.24, 2.45) is 0 Å². The van der Waals surface area contributed by atoms with E-state index < -0.39 is 7.81 Å². The van der Waals surface area contributed by atoms with Gasteiger partial charge in [-0.15, -0.1) is 0 Å². The molecule has 0 spiro atoms. The molecule has 0 aliphatic rings. The number of benzene rings is 4. The van der Waals surface area contributed by atoms with Crippen LogP contribution in [0.2, 0.25) is 0 Å². The summed E-state index contributed by atoms with van der Waals surface area (Å²) in [6.45, 7) is 0. The molecule has 0 aliphatic heterocycles. The fourth-order valence-corrected chi connectivity index (χ4v) is 6.50. The summed E-state index contributed by atoms with van der Waals surface area (Å²) in [5.74, 6) is 0. The molecule has 0 aliphatic carbocycles. The van der Waals surface area contributed by atoms with Gasteiger partial charge in [-0.1, -0.05) is 0 Å². The van der Waals surface area contributed by atoms with Gasteiger partial charge in [0.2, 0.25) is 0 Å². The van der Waals surface area contributed by atoms with Gasteiger partial charge in [0.05, 0.1) is 0 Å². The molecule has 10 heteroatoms. The molecule has 0 unspecified atom stereocenters. The first-order chi connectivity index (χ1) is 17.0. The molecule has 2 nitrogen and oxygen atoms in total. The van der Waals surface area contributed by atoms with E-state index in [0.29, 0.717) is 0 Å². The molecule has 37 heavy (non-hydrogen) atoms. The first-order valence-corrected chi connectivity index (χ1v) is 14.9. The molecule has 0 bridgehead atoms. The molecule has 0 radical (unpaired) electrons. The Morgan fingerprint density at radius 2 is 1.30 bits per heavy atom. The summed E-state index contributed by atoms with van der Waals surface area (Å²) in [7, 11) is -2.23. The Morgan fingerprint density at radius 1 is 0.676 bits per heavy atom. The molecule has 1 aromatic heterocycles. The number of fused-ring (bicyclic) bond motifs is 3. The molecular formula is C27H25F6N2PSe. The molecule has 0 saturated carbocycles. The van der Waals surface area contributed by atoms with Crippen LogP contribution in [0.3, 0.4) is 0 Å². The van der Waals surface area contributed by atoms with Crippen LogP contribution in [0.25, 0.3) is 41.2 Å². The quantitative estimate of drug-likeness (QED) is 0.0649. The average Bonchev–Trinajstić information content (AvgIpc) is 2.79. The Kier molecular flexibility index (Phi) is 6.51. The summed E-state index contributed by atoms with van der Waals surface area (Å²) in [6, 6.07) is 29.4. The third-order valence-electron chi connectivity index (χ3n) is 5.74. The van der Waals surface area contributed by atoms with E-state index in [1.807, 2.05) is 0 Å². The van der Waals surface area contributed by atoms with Crippen molar-refractivity contribution in [3.8, 4) is 11.1 Å². The van der Waals surface area contributed by atoms with Gasteiger partial charge in [0.15, 0.2) is 0 Å². The molecular weight excluding hydrogens is 576 g/mol. The van der Waals surface area contributed by atoms with E-state index in [2.05, 4.69) is 117 Å². The van der Waals surface area contributed by atoms with Gasteiger partial charge in [0.25, 0.3) is 0 Å². The van der Waals surface area contributed by atoms with E-state index in [4.69, 9.17) is 0 Å². The van der Waals surface area contributed by atoms with Crippen molar-refractivity contribution in [3.05, 3.63) is 84.2 Å². The van der Waals surface area contributed by atoms with E-state index >= 15 is 0 Å². The van der Waals surface area contributed by atoms with Crippen molar-refractivity contribution in [1.82, 2.24) is 4.58 Å². The topological polar surface area (TPSA) is 6.25 Å². The Morgan fingerprint density at radius 3 is 1.89 bits per heavy atom. The number of anilines is 1. The SMILES string of the molecule is CN(C)c1ccc2c(-c3ccccc3)c3cc4ccc(=[N+](C)C)cc4cc3[se]c2c1.F[P-](F)(F)(F)(F)F. The monoisotopic (exact) mass is 602 g/mol. The summed E-state index contributed by atoms with van der Waals surface area (Å²) in [4.78, 5) is 2.19.